The summed E-state index contributed by atoms with van der Waals surface area (Å²) >= 11 is 0. The van der Waals surface area contributed by atoms with Crippen LogP contribution in [0.4, 0.5) is 0 Å². The molecule has 0 aliphatic carbocycles. The minimum absolute atomic E-state index is 0.371. The van der Waals surface area contributed by atoms with Gasteiger partial charge in [0.1, 0.15) is 5.75 Å². The van der Waals surface area contributed by atoms with Gasteiger partial charge in [-0.05, 0) is 58.0 Å². The van der Waals surface area contributed by atoms with E-state index in [9.17, 15) is 0 Å². The standard InChI is InChI=1S/C18H30N2O/c1-14-8-6-5-7-11-20(14)13-17-12-16(15(2)19-3)9-10-18(17)21-4/h9-10,12,14-15,19H,5-8,11,13H2,1-4H3. The number of likely N-dealkylation sites (tertiary alicyclic amines) is 1. The first-order chi connectivity index (χ1) is 10.2. The highest BCUT2D eigenvalue weighted by atomic mass is 16.5. The van der Waals surface area contributed by atoms with Gasteiger partial charge in [-0.1, -0.05) is 18.9 Å². The second-order valence-corrected chi connectivity index (χ2v) is 6.25. The molecule has 1 aliphatic rings. The summed E-state index contributed by atoms with van der Waals surface area (Å²) in [4.78, 5) is 2.61. The third-order valence-electron chi connectivity index (χ3n) is 4.80. The van der Waals surface area contributed by atoms with Crippen LogP contribution in [0.2, 0.25) is 0 Å². The van der Waals surface area contributed by atoms with Crippen molar-refractivity contribution in [2.75, 3.05) is 20.7 Å². The molecular weight excluding hydrogens is 260 g/mol. The summed E-state index contributed by atoms with van der Waals surface area (Å²) in [5, 5.41) is 3.31. The first-order valence-corrected chi connectivity index (χ1v) is 8.23. The van der Waals surface area contributed by atoms with E-state index in [0.29, 0.717) is 12.1 Å². The zero-order valence-electron chi connectivity index (χ0n) is 14.0. The Labute approximate surface area is 129 Å². The van der Waals surface area contributed by atoms with Crippen molar-refractivity contribution in [3.8, 4) is 5.75 Å². The van der Waals surface area contributed by atoms with E-state index in [4.69, 9.17) is 4.74 Å². The first kappa shape index (κ1) is 16.3. The second-order valence-electron chi connectivity index (χ2n) is 6.25. The average molecular weight is 290 g/mol. The average Bonchev–Trinajstić information content (AvgIpc) is 2.71. The molecule has 1 aromatic carbocycles. The highest BCUT2D eigenvalue weighted by molar-refractivity contribution is 5.38. The molecule has 1 fully saturated rings. The van der Waals surface area contributed by atoms with Crippen LogP contribution in [-0.4, -0.2) is 31.6 Å². The van der Waals surface area contributed by atoms with Crippen LogP contribution in [0, 0.1) is 0 Å². The molecule has 1 aromatic rings. The molecule has 118 valence electrons. The molecule has 2 atom stereocenters. The van der Waals surface area contributed by atoms with Crippen LogP contribution in [0.1, 0.15) is 56.7 Å². The smallest absolute Gasteiger partial charge is 0.123 e. The normalized spacial score (nSPS) is 21.8. The van der Waals surface area contributed by atoms with Crippen molar-refractivity contribution in [1.82, 2.24) is 10.2 Å². The summed E-state index contributed by atoms with van der Waals surface area (Å²) in [7, 11) is 3.78. The zero-order valence-corrected chi connectivity index (χ0v) is 14.0. The Balaban J connectivity index is 2.19. The summed E-state index contributed by atoms with van der Waals surface area (Å²) in [6, 6.07) is 7.62. The van der Waals surface area contributed by atoms with Gasteiger partial charge in [0.25, 0.3) is 0 Å². The van der Waals surface area contributed by atoms with Crippen molar-refractivity contribution in [1.29, 1.82) is 0 Å². The van der Waals surface area contributed by atoms with E-state index in [2.05, 4.69) is 42.3 Å². The van der Waals surface area contributed by atoms with Crippen molar-refractivity contribution in [3.63, 3.8) is 0 Å². The van der Waals surface area contributed by atoms with Crippen LogP contribution >= 0.6 is 0 Å². The van der Waals surface area contributed by atoms with Gasteiger partial charge < -0.3 is 10.1 Å². The summed E-state index contributed by atoms with van der Waals surface area (Å²) in [5.41, 5.74) is 2.64. The molecule has 2 rings (SSSR count). The molecule has 21 heavy (non-hydrogen) atoms. The topological polar surface area (TPSA) is 24.5 Å². The van der Waals surface area contributed by atoms with Crippen LogP contribution in [0.5, 0.6) is 5.75 Å². The predicted octanol–water partition coefficient (Wildman–Crippen LogP) is 3.74. The first-order valence-electron chi connectivity index (χ1n) is 8.23. The Morgan fingerprint density at radius 2 is 2.14 bits per heavy atom. The zero-order chi connectivity index (χ0) is 15.2. The molecule has 1 N–H and O–H groups in total. The Morgan fingerprint density at radius 1 is 1.33 bits per heavy atom. The molecule has 1 aliphatic heterocycles. The fraction of sp³-hybridized carbons (Fsp3) is 0.667. The van der Waals surface area contributed by atoms with E-state index in [0.717, 1.165) is 12.3 Å². The van der Waals surface area contributed by atoms with Gasteiger partial charge in [0.05, 0.1) is 7.11 Å². The minimum Gasteiger partial charge on any atom is -0.496 e. The molecule has 0 spiro atoms. The lowest BCUT2D eigenvalue weighted by atomic mass is 10.0. The number of nitrogens with zero attached hydrogens (tertiary/aromatic N) is 1. The van der Waals surface area contributed by atoms with E-state index < -0.39 is 0 Å². The van der Waals surface area contributed by atoms with Crippen molar-refractivity contribution < 1.29 is 4.74 Å². The molecule has 1 heterocycles. The molecule has 2 unspecified atom stereocenters. The Hall–Kier alpha value is -1.06. The van der Waals surface area contributed by atoms with Gasteiger partial charge in [-0.3, -0.25) is 4.90 Å². The largest absolute Gasteiger partial charge is 0.496 e. The number of hydrogen-bond donors (Lipinski definition) is 1. The number of ether oxygens (including phenoxy) is 1. The van der Waals surface area contributed by atoms with Gasteiger partial charge in [-0.25, -0.2) is 0 Å². The number of benzene rings is 1. The molecule has 0 radical (unpaired) electrons. The van der Waals surface area contributed by atoms with E-state index in [1.54, 1.807) is 7.11 Å². The number of methoxy groups -OCH3 is 1. The van der Waals surface area contributed by atoms with Crippen molar-refractivity contribution in [3.05, 3.63) is 29.3 Å². The van der Waals surface area contributed by atoms with Crippen LogP contribution < -0.4 is 10.1 Å². The molecule has 0 amide bonds. The van der Waals surface area contributed by atoms with Crippen LogP contribution in [-0.2, 0) is 6.54 Å². The van der Waals surface area contributed by atoms with Gasteiger partial charge in [0, 0.05) is 24.2 Å². The summed E-state index contributed by atoms with van der Waals surface area (Å²) in [6.07, 6.45) is 5.37. The lowest BCUT2D eigenvalue weighted by Gasteiger charge is -2.28. The van der Waals surface area contributed by atoms with E-state index in [1.165, 1.54) is 43.4 Å². The van der Waals surface area contributed by atoms with Crippen LogP contribution in [0.15, 0.2) is 18.2 Å². The molecule has 0 bridgehead atoms. The van der Waals surface area contributed by atoms with Gasteiger partial charge in [0.15, 0.2) is 0 Å². The summed E-state index contributed by atoms with van der Waals surface area (Å²) in [5.74, 6) is 1.01. The second kappa shape index (κ2) is 7.81. The van der Waals surface area contributed by atoms with Gasteiger partial charge in [0.2, 0.25) is 0 Å². The number of rotatable bonds is 5. The number of hydrogen-bond acceptors (Lipinski definition) is 3. The van der Waals surface area contributed by atoms with Gasteiger partial charge in [-0.2, -0.15) is 0 Å². The maximum Gasteiger partial charge on any atom is 0.123 e. The third kappa shape index (κ3) is 4.21. The number of nitrogens with one attached hydrogen (secondary N) is 1. The Kier molecular flexibility index (Phi) is 6.07. The maximum absolute atomic E-state index is 5.57. The monoisotopic (exact) mass is 290 g/mol. The molecule has 3 heteroatoms. The third-order valence-corrected chi connectivity index (χ3v) is 4.80. The quantitative estimate of drug-likeness (QED) is 0.894. The van der Waals surface area contributed by atoms with Crippen LogP contribution in [0.25, 0.3) is 0 Å². The molecule has 1 saturated heterocycles. The van der Waals surface area contributed by atoms with E-state index >= 15 is 0 Å². The maximum atomic E-state index is 5.57. The Bertz CT molecular complexity index is 447. The molecule has 0 aromatic heterocycles. The fourth-order valence-electron chi connectivity index (χ4n) is 3.15. The highest BCUT2D eigenvalue weighted by Crippen LogP contribution is 2.27. The van der Waals surface area contributed by atoms with E-state index in [-0.39, 0.29) is 0 Å². The van der Waals surface area contributed by atoms with E-state index in [1.807, 2.05) is 7.05 Å². The molecule has 0 saturated carbocycles. The van der Waals surface area contributed by atoms with Gasteiger partial charge in [-0.15, -0.1) is 0 Å². The molecular formula is C18H30N2O. The van der Waals surface area contributed by atoms with Crippen molar-refractivity contribution in [2.45, 2.75) is 58.2 Å². The predicted molar refractivity (Wildman–Crippen MR) is 88.8 cm³/mol. The lowest BCUT2D eigenvalue weighted by molar-refractivity contribution is 0.202. The Morgan fingerprint density at radius 3 is 2.86 bits per heavy atom. The van der Waals surface area contributed by atoms with Crippen LogP contribution in [0.3, 0.4) is 0 Å². The van der Waals surface area contributed by atoms with Crippen molar-refractivity contribution >= 4 is 0 Å². The van der Waals surface area contributed by atoms with Gasteiger partial charge >= 0.3 is 0 Å². The molecule has 3 nitrogen and oxygen atoms in total. The summed E-state index contributed by atoms with van der Waals surface area (Å²) < 4.78 is 5.57. The van der Waals surface area contributed by atoms with Crippen molar-refractivity contribution in [2.24, 2.45) is 0 Å². The summed E-state index contributed by atoms with van der Waals surface area (Å²) in [6.45, 7) is 6.75. The fourth-order valence-corrected chi connectivity index (χ4v) is 3.15. The lowest BCUT2D eigenvalue weighted by Crippen LogP contribution is -2.32. The minimum atomic E-state index is 0.371. The highest BCUT2D eigenvalue weighted by Gasteiger charge is 2.19. The SMILES string of the molecule is CNC(C)c1ccc(OC)c(CN2CCCCCC2C)c1.